The van der Waals surface area contributed by atoms with Crippen LogP contribution in [0.15, 0.2) is 34.6 Å². The number of hydrogen-bond donors (Lipinski definition) is 1. The number of carbonyl (C=O) groups is 2. The van der Waals surface area contributed by atoms with Crippen molar-refractivity contribution in [3.8, 4) is 11.5 Å². The van der Waals surface area contributed by atoms with E-state index in [1.807, 2.05) is 0 Å². The molecule has 11 heteroatoms. The molecule has 3 aliphatic rings. The van der Waals surface area contributed by atoms with Crippen LogP contribution in [0.3, 0.4) is 0 Å². The van der Waals surface area contributed by atoms with E-state index < -0.39 is 22.2 Å². The normalized spacial score (nSPS) is 27.1. The molecular weight excluding hydrogens is 424 g/mol. The zero-order valence-electron chi connectivity index (χ0n) is 14.3. The maximum absolute atomic E-state index is 12.6. The molecule has 1 saturated heterocycles. The first kappa shape index (κ1) is 19.1. The van der Waals surface area contributed by atoms with Crippen LogP contribution in [0.2, 0.25) is 0 Å². The Morgan fingerprint density at radius 1 is 1.43 bits per heavy atom. The summed E-state index contributed by atoms with van der Waals surface area (Å²) >= 11 is 6.32. The lowest BCUT2D eigenvalue weighted by atomic mass is 10.2. The van der Waals surface area contributed by atoms with E-state index >= 15 is 0 Å². The first-order chi connectivity index (χ1) is 13.3. The minimum Gasteiger partial charge on any atom is -0.610 e. The summed E-state index contributed by atoms with van der Waals surface area (Å²) in [5, 5.41) is 3.65. The Labute approximate surface area is 171 Å². The summed E-state index contributed by atoms with van der Waals surface area (Å²) in [5.41, 5.74) is 0.746. The van der Waals surface area contributed by atoms with Gasteiger partial charge in [0.1, 0.15) is 22.0 Å². The zero-order chi connectivity index (χ0) is 19.9. The average Bonchev–Trinajstić information content (AvgIpc) is 3.29. The summed E-state index contributed by atoms with van der Waals surface area (Å²) < 4.78 is 33.7. The largest absolute Gasteiger partial charge is 0.610 e. The predicted molar refractivity (Wildman–Crippen MR) is 107 cm³/mol. The van der Waals surface area contributed by atoms with Crippen molar-refractivity contribution in [2.24, 2.45) is 0 Å². The van der Waals surface area contributed by atoms with Gasteiger partial charge in [-0.15, -0.1) is 4.21 Å². The molecule has 2 unspecified atom stereocenters. The number of thiocarbonyl (C=S) groups is 1. The Morgan fingerprint density at radius 3 is 2.96 bits per heavy atom. The second-order valence-corrected chi connectivity index (χ2v) is 9.82. The molecule has 146 valence electrons. The van der Waals surface area contributed by atoms with E-state index in [0.29, 0.717) is 16.4 Å². The van der Waals surface area contributed by atoms with E-state index in [1.54, 1.807) is 24.3 Å². The quantitative estimate of drug-likeness (QED) is 0.425. The molecule has 0 spiro atoms. The zero-order valence-corrected chi connectivity index (χ0v) is 16.7. The van der Waals surface area contributed by atoms with Crippen molar-refractivity contribution in [1.82, 2.24) is 10.2 Å². The van der Waals surface area contributed by atoms with E-state index in [4.69, 9.17) is 21.7 Å². The van der Waals surface area contributed by atoms with Gasteiger partial charge in [-0.25, -0.2) is 0 Å². The summed E-state index contributed by atoms with van der Waals surface area (Å²) in [6.45, 7) is -0.110. The van der Waals surface area contributed by atoms with Crippen LogP contribution < -0.4 is 14.8 Å². The van der Waals surface area contributed by atoms with Crippen LogP contribution in [-0.4, -0.2) is 50.7 Å². The van der Waals surface area contributed by atoms with Crippen LogP contribution in [0.5, 0.6) is 11.5 Å². The van der Waals surface area contributed by atoms with Crippen molar-refractivity contribution < 1.29 is 27.8 Å². The number of rotatable bonds is 4. The molecule has 2 amide bonds. The number of fused-ring (bicyclic) bond motifs is 1. The van der Waals surface area contributed by atoms with Gasteiger partial charge in [-0.2, -0.15) is 0 Å². The average molecular weight is 439 g/mol. The maximum atomic E-state index is 12.6. The van der Waals surface area contributed by atoms with E-state index in [-0.39, 0.29) is 29.3 Å². The van der Waals surface area contributed by atoms with Crippen molar-refractivity contribution in [2.75, 3.05) is 19.1 Å². The van der Waals surface area contributed by atoms with E-state index in [9.17, 15) is 18.4 Å². The van der Waals surface area contributed by atoms with Gasteiger partial charge >= 0.3 is 0 Å². The number of sulfone groups is 1. The summed E-state index contributed by atoms with van der Waals surface area (Å²) in [5.74, 6) is 0.207. The monoisotopic (exact) mass is 438 g/mol. The molecular formula is C17H14N2O6S3. The van der Waals surface area contributed by atoms with Crippen LogP contribution >= 0.6 is 24.0 Å². The molecule has 3 heterocycles. The molecule has 1 fully saturated rings. The summed E-state index contributed by atoms with van der Waals surface area (Å²) in [6.07, 6.45) is 3.09. The topological polar surface area (TPSA) is 108 Å². The highest BCUT2D eigenvalue weighted by molar-refractivity contribution is 8.26. The summed E-state index contributed by atoms with van der Waals surface area (Å²) in [7, 11) is -3.27. The Bertz CT molecular complexity index is 989. The van der Waals surface area contributed by atoms with Gasteiger partial charge in [0.15, 0.2) is 11.5 Å². The Morgan fingerprint density at radius 2 is 2.21 bits per heavy atom. The van der Waals surface area contributed by atoms with Gasteiger partial charge in [-0.1, -0.05) is 30.0 Å². The van der Waals surface area contributed by atoms with Gasteiger partial charge in [-0.3, -0.25) is 14.5 Å². The van der Waals surface area contributed by atoms with Crippen molar-refractivity contribution in [3.63, 3.8) is 0 Å². The van der Waals surface area contributed by atoms with Crippen LogP contribution in [0.1, 0.15) is 5.56 Å². The lowest BCUT2D eigenvalue weighted by molar-refractivity contribution is -0.128. The Kier molecular flexibility index (Phi) is 5.00. The molecule has 0 aliphatic carbocycles. The van der Waals surface area contributed by atoms with Gasteiger partial charge in [0.25, 0.3) is 5.91 Å². The highest BCUT2D eigenvalue weighted by Crippen LogP contribution is 2.36. The standard InChI is InChI=1S/C17H14N2O6S3/c20-15(18-11-3-4-28(22,23)8-11)7-19-16(21)14(27-17(19)26)6-10-1-2-12-13(5-10)25-9-24-12/h1-6,11H,7-9H2,(H-,18,20,22,23)/b14-6+. The predicted octanol–water partition coefficient (Wildman–Crippen LogP) is 1.26. The second kappa shape index (κ2) is 7.32. The van der Waals surface area contributed by atoms with Crippen molar-refractivity contribution in [2.45, 2.75) is 6.04 Å². The van der Waals surface area contributed by atoms with Crippen molar-refractivity contribution in [3.05, 3.63) is 40.2 Å². The van der Waals surface area contributed by atoms with Gasteiger partial charge in [-0.05, 0) is 29.8 Å². The maximum Gasteiger partial charge on any atom is 0.266 e. The fourth-order valence-corrected chi connectivity index (χ4v) is 5.34. The molecule has 8 nitrogen and oxygen atoms in total. The van der Waals surface area contributed by atoms with Crippen molar-refractivity contribution in [1.29, 1.82) is 0 Å². The molecule has 1 aromatic carbocycles. The van der Waals surface area contributed by atoms with Crippen LogP contribution in [0, 0.1) is 0 Å². The van der Waals surface area contributed by atoms with Crippen LogP contribution in [0.4, 0.5) is 0 Å². The van der Waals surface area contributed by atoms with Gasteiger partial charge in [0, 0.05) is 0 Å². The molecule has 28 heavy (non-hydrogen) atoms. The number of hydrogen-bond acceptors (Lipinski definition) is 8. The molecule has 3 aliphatic heterocycles. The highest BCUT2D eigenvalue weighted by Gasteiger charge is 2.34. The third-order valence-corrected chi connectivity index (χ3v) is 6.92. The van der Waals surface area contributed by atoms with Crippen LogP contribution in [-0.2, 0) is 24.0 Å². The smallest absolute Gasteiger partial charge is 0.266 e. The van der Waals surface area contributed by atoms with Crippen LogP contribution in [0.25, 0.3) is 6.08 Å². The lowest BCUT2D eigenvalue weighted by Crippen LogP contribution is -2.44. The Balaban J connectivity index is 1.42. The molecule has 2 atom stereocenters. The SMILES string of the molecule is O=C(CN1C(=O)/C(=C\c2ccc3c(c2)OCO3)SC1=S)NC1C=C[S+](=O)([O-])C1. The third kappa shape index (κ3) is 3.97. The van der Waals surface area contributed by atoms with Gasteiger partial charge in [0.2, 0.25) is 12.7 Å². The lowest BCUT2D eigenvalue weighted by Gasteiger charge is -2.16. The number of thioether (sulfide) groups is 1. The first-order valence-electron chi connectivity index (χ1n) is 8.16. The fraction of sp³-hybridized carbons (Fsp3) is 0.235. The number of nitrogens with one attached hydrogen (secondary N) is 1. The number of carbonyl (C=O) groups excluding carboxylic acids is 2. The van der Waals surface area contributed by atoms with Gasteiger partial charge in [0.05, 0.1) is 21.2 Å². The van der Waals surface area contributed by atoms with E-state index in [0.717, 1.165) is 22.7 Å². The minimum absolute atomic E-state index is 0.160. The molecule has 1 aromatic rings. The first-order valence-corrected chi connectivity index (χ1v) is 11.1. The number of amides is 2. The van der Waals surface area contributed by atoms with E-state index in [1.165, 1.54) is 11.0 Å². The molecule has 0 bridgehead atoms. The highest BCUT2D eigenvalue weighted by atomic mass is 32.3. The Hall–Kier alpha value is -2.21. The molecule has 0 radical (unpaired) electrons. The number of benzene rings is 1. The number of nitrogens with zero attached hydrogens (tertiary/aromatic N) is 1. The third-order valence-electron chi connectivity index (χ3n) is 4.15. The molecule has 4 rings (SSSR count). The molecule has 1 N–H and O–H groups in total. The second-order valence-electron chi connectivity index (χ2n) is 6.21. The summed E-state index contributed by atoms with van der Waals surface area (Å²) in [4.78, 5) is 26.4. The molecule has 0 aromatic heterocycles. The van der Waals surface area contributed by atoms with Gasteiger partial charge < -0.3 is 19.3 Å². The minimum atomic E-state index is -3.27. The van der Waals surface area contributed by atoms with Crippen molar-refractivity contribution >= 4 is 56.4 Å². The van der Waals surface area contributed by atoms with E-state index in [2.05, 4.69) is 5.32 Å². The molecule has 0 saturated carbocycles. The number of ether oxygens (including phenoxy) is 2. The fourth-order valence-electron chi connectivity index (χ4n) is 2.85. The summed E-state index contributed by atoms with van der Waals surface area (Å²) in [6, 6.07) is 4.71.